The van der Waals surface area contributed by atoms with E-state index < -0.39 is 0 Å². The summed E-state index contributed by atoms with van der Waals surface area (Å²) < 4.78 is 0. The van der Waals surface area contributed by atoms with Gasteiger partial charge in [-0.25, -0.2) is 0 Å². The lowest BCUT2D eigenvalue weighted by molar-refractivity contribution is 0.340. The molecule has 1 heterocycles. The van der Waals surface area contributed by atoms with Gasteiger partial charge < -0.3 is 10.2 Å². The third kappa shape index (κ3) is 3.72. The Morgan fingerprint density at radius 1 is 1.11 bits per heavy atom. The highest BCUT2D eigenvalue weighted by Gasteiger charge is 2.22. The largest absolute Gasteiger partial charge is 0.343 e. The number of nitrogens with zero attached hydrogens (tertiary/aromatic N) is 2. The minimum atomic E-state index is 0.845. The predicted octanol–water partition coefficient (Wildman–Crippen LogP) is 3.35. The van der Waals surface area contributed by atoms with Crippen LogP contribution in [0.2, 0.25) is 0 Å². The number of para-hydroxylation sites is 1. The predicted molar refractivity (Wildman–Crippen MR) is 80.5 cm³/mol. The molecule has 1 aliphatic carbocycles. The molecule has 1 saturated carbocycles. The van der Waals surface area contributed by atoms with Gasteiger partial charge in [-0.3, -0.25) is 4.99 Å². The molecular formula is C16H23N3. The number of nitrogens with one attached hydrogen (secondary N) is 1. The molecule has 1 aromatic rings. The zero-order valence-electron chi connectivity index (χ0n) is 11.5. The van der Waals surface area contributed by atoms with Gasteiger partial charge in [0.15, 0.2) is 5.96 Å². The average Bonchev–Trinajstić information content (AvgIpc) is 3.30. The van der Waals surface area contributed by atoms with Gasteiger partial charge in [0.1, 0.15) is 0 Å². The van der Waals surface area contributed by atoms with Crippen LogP contribution in [0.3, 0.4) is 0 Å². The van der Waals surface area contributed by atoms with Crippen molar-refractivity contribution < 1.29 is 0 Å². The van der Waals surface area contributed by atoms with Crippen molar-refractivity contribution in [3.05, 3.63) is 30.3 Å². The van der Waals surface area contributed by atoms with E-state index in [4.69, 9.17) is 4.99 Å². The summed E-state index contributed by atoms with van der Waals surface area (Å²) in [4.78, 5) is 7.25. The molecule has 0 amide bonds. The fourth-order valence-electron chi connectivity index (χ4n) is 2.49. The Bertz CT molecular complexity index is 417. The van der Waals surface area contributed by atoms with Crippen LogP contribution in [0.5, 0.6) is 0 Å². The van der Waals surface area contributed by atoms with Gasteiger partial charge in [0.25, 0.3) is 0 Å². The summed E-state index contributed by atoms with van der Waals surface area (Å²) in [5.41, 5.74) is 1.14. The Kier molecular flexibility index (Phi) is 4.01. The van der Waals surface area contributed by atoms with Crippen LogP contribution in [0, 0.1) is 5.92 Å². The molecule has 3 rings (SSSR count). The van der Waals surface area contributed by atoms with Crippen LogP contribution in [0.25, 0.3) is 0 Å². The molecule has 3 nitrogen and oxygen atoms in total. The van der Waals surface area contributed by atoms with Gasteiger partial charge in [-0.05, 0) is 50.2 Å². The first kappa shape index (κ1) is 12.5. The van der Waals surface area contributed by atoms with E-state index in [0.717, 1.165) is 37.2 Å². The van der Waals surface area contributed by atoms with Gasteiger partial charge in [-0.15, -0.1) is 0 Å². The van der Waals surface area contributed by atoms with Gasteiger partial charge in [0.2, 0.25) is 0 Å². The molecule has 0 unspecified atom stereocenters. The Labute approximate surface area is 115 Å². The zero-order chi connectivity index (χ0) is 12.9. The lowest BCUT2D eigenvalue weighted by Gasteiger charge is -2.30. The maximum absolute atomic E-state index is 4.84. The SMILES string of the molecule is c1ccc(NC(=NCC2CC2)N2CCCCC2)cc1. The van der Waals surface area contributed by atoms with E-state index in [1.807, 2.05) is 6.07 Å². The quantitative estimate of drug-likeness (QED) is 0.664. The first-order valence-corrected chi connectivity index (χ1v) is 7.53. The molecule has 3 heteroatoms. The van der Waals surface area contributed by atoms with Crippen molar-refractivity contribution >= 4 is 11.6 Å². The van der Waals surface area contributed by atoms with Crippen LogP contribution in [-0.4, -0.2) is 30.5 Å². The normalized spacial score (nSPS) is 20.4. The molecule has 1 aromatic carbocycles. The number of hydrogen-bond acceptors (Lipinski definition) is 1. The van der Waals surface area contributed by atoms with Crippen LogP contribution in [-0.2, 0) is 0 Å². The molecule has 2 fully saturated rings. The van der Waals surface area contributed by atoms with E-state index in [1.165, 1.54) is 32.1 Å². The first-order chi connectivity index (χ1) is 9.42. The summed E-state index contributed by atoms with van der Waals surface area (Å²) in [5.74, 6) is 1.93. The number of aliphatic imine (C=N–C) groups is 1. The van der Waals surface area contributed by atoms with Gasteiger partial charge in [0, 0.05) is 25.3 Å². The van der Waals surface area contributed by atoms with Crippen LogP contribution < -0.4 is 5.32 Å². The molecule has 1 saturated heterocycles. The smallest absolute Gasteiger partial charge is 0.198 e. The van der Waals surface area contributed by atoms with Crippen LogP contribution >= 0.6 is 0 Å². The highest BCUT2D eigenvalue weighted by Crippen LogP contribution is 2.29. The third-order valence-electron chi connectivity index (χ3n) is 3.88. The molecule has 0 atom stereocenters. The average molecular weight is 257 g/mol. The highest BCUT2D eigenvalue weighted by molar-refractivity contribution is 5.93. The molecule has 19 heavy (non-hydrogen) atoms. The standard InChI is InChI=1S/C16H23N3/c1-3-7-15(8-4-1)18-16(17-13-14-9-10-14)19-11-5-2-6-12-19/h1,3-4,7-8,14H,2,5-6,9-13H2,(H,17,18). The van der Waals surface area contributed by atoms with E-state index in [2.05, 4.69) is 34.5 Å². The summed E-state index contributed by atoms with van der Waals surface area (Å²) in [6.45, 7) is 3.28. The molecular weight excluding hydrogens is 234 g/mol. The number of hydrogen-bond donors (Lipinski definition) is 1. The monoisotopic (exact) mass is 257 g/mol. The first-order valence-electron chi connectivity index (χ1n) is 7.53. The van der Waals surface area contributed by atoms with Crippen molar-refractivity contribution in [2.24, 2.45) is 10.9 Å². The Morgan fingerprint density at radius 2 is 1.84 bits per heavy atom. The minimum Gasteiger partial charge on any atom is -0.343 e. The van der Waals surface area contributed by atoms with E-state index >= 15 is 0 Å². The lowest BCUT2D eigenvalue weighted by Crippen LogP contribution is -2.40. The van der Waals surface area contributed by atoms with Crippen molar-refractivity contribution in [3.63, 3.8) is 0 Å². The summed E-state index contributed by atoms with van der Waals surface area (Å²) in [7, 11) is 0. The van der Waals surface area contributed by atoms with Gasteiger partial charge in [-0.1, -0.05) is 18.2 Å². The van der Waals surface area contributed by atoms with Crippen molar-refractivity contribution in [1.82, 2.24) is 4.90 Å². The molecule has 0 aromatic heterocycles. The molecule has 1 aliphatic heterocycles. The molecule has 0 radical (unpaired) electrons. The Balaban J connectivity index is 1.69. The number of guanidine groups is 1. The summed E-state index contributed by atoms with van der Waals surface area (Å²) in [6.07, 6.45) is 6.67. The van der Waals surface area contributed by atoms with Gasteiger partial charge >= 0.3 is 0 Å². The number of likely N-dealkylation sites (tertiary alicyclic amines) is 1. The second kappa shape index (κ2) is 6.09. The summed E-state index contributed by atoms with van der Waals surface area (Å²) >= 11 is 0. The third-order valence-corrected chi connectivity index (χ3v) is 3.88. The van der Waals surface area contributed by atoms with Crippen molar-refractivity contribution in [3.8, 4) is 0 Å². The van der Waals surface area contributed by atoms with Crippen LogP contribution in [0.4, 0.5) is 5.69 Å². The van der Waals surface area contributed by atoms with Gasteiger partial charge in [-0.2, -0.15) is 0 Å². The number of piperidine rings is 1. The topological polar surface area (TPSA) is 27.6 Å². The molecule has 0 spiro atoms. The Morgan fingerprint density at radius 3 is 2.53 bits per heavy atom. The molecule has 2 aliphatic rings. The highest BCUT2D eigenvalue weighted by atomic mass is 15.3. The second-order valence-corrected chi connectivity index (χ2v) is 5.65. The van der Waals surface area contributed by atoms with Gasteiger partial charge in [0.05, 0.1) is 0 Å². The Hall–Kier alpha value is -1.51. The summed E-state index contributed by atoms with van der Waals surface area (Å²) in [6, 6.07) is 10.4. The van der Waals surface area contributed by atoms with Crippen LogP contribution in [0.15, 0.2) is 35.3 Å². The maximum atomic E-state index is 4.84. The van der Waals surface area contributed by atoms with E-state index in [9.17, 15) is 0 Å². The zero-order valence-corrected chi connectivity index (χ0v) is 11.5. The fourth-order valence-corrected chi connectivity index (χ4v) is 2.49. The van der Waals surface area contributed by atoms with E-state index in [1.54, 1.807) is 0 Å². The maximum Gasteiger partial charge on any atom is 0.198 e. The summed E-state index contributed by atoms with van der Waals surface area (Å²) in [5, 5.41) is 3.51. The minimum absolute atomic E-state index is 0.845. The second-order valence-electron chi connectivity index (χ2n) is 5.65. The molecule has 0 bridgehead atoms. The van der Waals surface area contributed by atoms with E-state index in [-0.39, 0.29) is 0 Å². The lowest BCUT2D eigenvalue weighted by atomic mass is 10.1. The number of anilines is 1. The number of rotatable bonds is 3. The van der Waals surface area contributed by atoms with Crippen LogP contribution in [0.1, 0.15) is 32.1 Å². The molecule has 1 N–H and O–H groups in total. The van der Waals surface area contributed by atoms with E-state index in [0.29, 0.717) is 0 Å². The fraction of sp³-hybridized carbons (Fsp3) is 0.562. The van der Waals surface area contributed by atoms with Crippen molar-refractivity contribution in [2.75, 3.05) is 25.0 Å². The molecule has 102 valence electrons. The van der Waals surface area contributed by atoms with Crippen molar-refractivity contribution in [1.29, 1.82) is 0 Å². The number of benzene rings is 1. The van der Waals surface area contributed by atoms with Crippen molar-refractivity contribution in [2.45, 2.75) is 32.1 Å².